The van der Waals surface area contributed by atoms with Gasteiger partial charge in [-0.25, -0.2) is 28.1 Å². The van der Waals surface area contributed by atoms with Gasteiger partial charge in [-0.1, -0.05) is 30.4 Å². The highest BCUT2D eigenvalue weighted by atomic mass is 32.2. The number of aromatic nitrogens is 2. The molecule has 184 valence electrons. The summed E-state index contributed by atoms with van der Waals surface area (Å²) in [6.45, 7) is 5.35. The lowest BCUT2D eigenvalue weighted by Gasteiger charge is -2.16. The second kappa shape index (κ2) is 10.6. The van der Waals surface area contributed by atoms with Crippen LogP contribution in [0.3, 0.4) is 0 Å². The molecule has 13 heteroatoms. The SMILES string of the molecule is CC1=NN(c2ccccc2)C(=N)C1C(=S)SN=Nc1ccc(S(=O)(=O)Nc2nc(C)cc(C)n2)cc1. The van der Waals surface area contributed by atoms with E-state index in [9.17, 15) is 8.42 Å². The molecule has 0 saturated carbocycles. The topological polar surface area (TPSA) is 136 Å². The molecule has 0 fully saturated rings. The maximum atomic E-state index is 12.7. The number of aryl methyl sites for hydroxylation is 2. The highest BCUT2D eigenvalue weighted by Gasteiger charge is 2.34. The number of hydrazone groups is 1. The first-order chi connectivity index (χ1) is 17.1. The molecule has 0 saturated heterocycles. The Hall–Kier alpha value is -3.55. The van der Waals surface area contributed by atoms with Crippen LogP contribution in [-0.2, 0) is 10.0 Å². The van der Waals surface area contributed by atoms with Crippen molar-refractivity contribution >= 4 is 67.3 Å². The van der Waals surface area contributed by atoms with Crippen molar-refractivity contribution in [2.24, 2.45) is 20.7 Å². The van der Waals surface area contributed by atoms with Gasteiger partial charge < -0.3 is 0 Å². The summed E-state index contributed by atoms with van der Waals surface area (Å²) in [7, 11) is -3.86. The molecule has 2 heterocycles. The van der Waals surface area contributed by atoms with Gasteiger partial charge in [0.05, 0.1) is 26.2 Å². The third kappa shape index (κ3) is 5.80. The number of anilines is 2. The van der Waals surface area contributed by atoms with E-state index >= 15 is 0 Å². The van der Waals surface area contributed by atoms with Gasteiger partial charge in [-0.2, -0.15) is 5.10 Å². The summed E-state index contributed by atoms with van der Waals surface area (Å²) in [4.78, 5) is 8.26. The summed E-state index contributed by atoms with van der Waals surface area (Å²) < 4.78 is 32.3. The third-order valence-corrected chi connectivity index (χ3v) is 7.44. The zero-order valence-electron chi connectivity index (χ0n) is 19.6. The van der Waals surface area contributed by atoms with Crippen LogP contribution in [0.2, 0.25) is 0 Å². The van der Waals surface area contributed by atoms with E-state index in [0.717, 1.165) is 17.6 Å². The van der Waals surface area contributed by atoms with E-state index in [2.05, 4.69) is 29.4 Å². The fraction of sp³-hybridized carbons (Fsp3) is 0.174. The van der Waals surface area contributed by atoms with Crippen LogP contribution >= 0.6 is 24.2 Å². The van der Waals surface area contributed by atoms with E-state index < -0.39 is 15.9 Å². The number of hydrogen-bond donors (Lipinski definition) is 2. The normalized spacial score (nSPS) is 15.9. The minimum absolute atomic E-state index is 0.0170. The molecular weight excluding hydrogens is 517 g/mol. The second-order valence-electron chi connectivity index (χ2n) is 7.87. The van der Waals surface area contributed by atoms with Crippen LogP contribution in [0.1, 0.15) is 18.3 Å². The molecule has 0 bridgehead atoms. The lowest BCUT2D eigenvalue weighted by molar-refractivity contribution is 0.601. The second-order valence-corrected chi connectivity index (χ2v) is 11.0. The highest BCUT2D eigenvalue weighted by Crippen LogP contribution is 2.29. The van der Waals surface area contributed by atoms with Crippen molar-refractivity contribution in [2.45, 2.75) is 25.7 Å². The van der Waals surface area contributed by atoms with Crippen LogP contribution in [0, 0.1) is 25.2 Å². The van der Waals surface area contributed by atoms with Crippen LogP contribution in [-0.4, -0.2) is 34.1 Å². The lowest BCUT2D eigenvalue weighted by atomic mass is 10.1. The number of rotatable bonds is 7. The zero-order chi connectivity index (χ0) is 25.9. The summed E-state index contributed by atoms with van der Waals surface area (Å²) in [6.07, 6.45) is 0. The molecule has 0 radical (unpaired) electrons. The monoisotopic (exact) mass is 538 g/mol. The molecule has 2 aromatic carbocycles. The Labute approximate surface area is 218 Å². The minimum Gasteiger partial charge on any atom is -0.286 e. The molecule has 3 aromatic rings. The van der Waals surface area contributed by atoms with E-state index in [-0.39, 0.29) is 16.7 Å². The van der Waals surface area contributed by atoms with Crippen LogP contribution in [0.5, 0.6) is 0 Å². The molecule has 1 aromatic heterocycles. The smallest absolute Gasteiger partial charge is 0.264 e. The molecular formula is C23H22N8O2S3. The standard InChI is InChI=1S/C23H22N8O2S3/c1-14-13-15(2)26-23(25-14)29-36(32,33)19-11-9-17(10-12-19)27-30-35-22(34)20-16(3)28-31(21(20)24)18-7-5-4-6-8-18/h4-13,20,24H,1-3H3,(H,25,26,29). The molecule has 36 heavy (non-hydrogen) atoms. The number of thiocarbonyl (C=S) groups is 1. The van der Waals surface area contributed by atoms with Crippen molar-refractivity contribution in [3.63, 3.8) is 0 Å². The molecule has 0 spiro atoms. The zero-order valence-corrected chi connectivity index (χ0v) is 22.0. The molecule has 2 N–H and O–H groups in total. The van der Waals surface area contributed by atoms with Crippen molar-refractivity contribution in [3.8, 4) is 0 Å². The molecule has 0 amide bonds. The van der Waals surface area contributed by atoms with E-state index in [1.54, 1.807) is 24.9 Å². The fourth-order valence-electron chi connectivity index (χ4n) is 3.44. The van der Waals surface area contributed by atoms with Crippen LogP contribution < -0.4 is 9.73 Å². The number of nitrogens with zero attached hydrogens (tertiary/aromatic N) is 6. The van der Waals surface area contributed by atoms with Gasteiger partial charge in [-0.3, -0.25) is 5.41 Å². The largest absolute Gasteiger partial charge is 0.286 e. The first kappa shape index (κ1) is 25.5. The quantitative estimate of drug-likeness (QED) is 0.232. The van der Waals surface area contributed by atoms with E-state index in [4.69, 9.17) is 17.6 Å². The first-order valence-corrected chi connectivity index (χ1v) is 13.4. The van der Waals surface area contributed by atoms with Crippen molar-refractivity contribution in [2.75, 3.05) is 9.73 Å². The summed E-state index contributed by atoms with van der Waals surface area (Å²) in [5.74, 6) is -0.195. The number of benzene rings is 2. The fourth-order valence-corrected chi connectivity index (χ4v) is 5.37. The van der Waals surface area contributed by atoms with Gasteiger partial charge in [0, 0.05) is 23.3 Å². The number of sulfonamides is 1. The maximum absolute atomic E-state index is 12.7. The van der Waals surface area contributed by atoms with Crippen LogP contribution in [0.15, 0.2) is 80.3 Å². The lowest BCUT2D eigenvalue weighted by Crippen LogP contribution is -2.29. The Kier molecular flexibility index (Phi) is 7.52. The Morgan fingerprint density at radius 2 is 1.69 bits per heavy atom. The Balaban J connectivity index is 1.38. The van der Waals surface area contributed by atoms with Gasteiger partial charge in [-0.15, -0.1) is 9.63 Å². The van der Waals surface area contributed by atoms with Gasteiger partial charge in [0.1, 0.15) is 11.8 Å². The van der Waals surface area contributed by atoms with Gasteiger partial charge in [0.15, 0.2) is 0 Å². The number of para-hydroxylation sites is 1. The van der Waals surface area contributed by atoms with E-state index in [0.29, 0.717) is 27.0 Å². The number of nitrogens with one attached hydrogen (secondary N) is 2. The molecule has 1 atom stereocenters. The molecule has 10 nitrogen and oxygen atoms in total. The van der Waals surface area contributed by atoms with E-state index in [1.807, 2.05) is 37.3 Å². The van der Waals surface area contributed by atoms with Gasteiger partial charge >= 0.3 is 0 Å². The maximum Gasteiger partial charge on any atom is 0.264 e. The van der Waals surface area contributed by atoms with Crippen molar-refractivity contribution < 1.29 is 8.42 Å². The third-order valence-electron chi connectivity index (χ3n) is 5.06. The predicted octanol–water partition coefficient (Wildman–Crippen LogP) is 5.44. The Morgan fingerprint density at radius 1 is 1.06 bits per heavy atom. The van der Waals surface area contributed by atoms with Gasteiger partial charge in [0.25, 0.3) is 10.0 Å². The first-order valence-electron chi connectivity index (χ1n) is 10.7. The predicted molar refractivity (Wildman–Crippen MR) is 147 cm³/mol. The average molecular weight is 539 g/mol. The molecule has 1 aliphatic rings. The summed E-state index contributed by atoms with van der Waals surface area (Å²) >= 11 is 6.48. The summed E-state index contributed by atoms with van der Waals surface area (Å²) in [5.41, 5.74) is 3.25. The Bertz CT molecular complexity index is 1450. The number of hydrogen-bond acceptors (Lipinski definition) is 10. The average Bonchev–Trinajstić information content (AvgIpc) is 3.12. The summed E-state index contributed by atoms with van der Waals surface area (Å²) in [6, 6.07) is 17.1. The van der Waals surface area contributed by atoms with Crippen molar-refractivity contribution in [1.29, 1.82) is 5.41 Å². The van der Waals surface area contributed by atoms with Crippen LogP contribution in [0.4, 0.5) is 17.3 Å². The summed E-state index contributed by atoms with van der Waals surface area (Å²) in [5, 5.41) is 18.6. The Morgan fingerprint density at radius 3 is 2.33 bits per heavy atom. The molecule has 0 aliphatic carbocycles. The van der Waals surface area contributed by atoms with Gasteiger partial charge in [0.2, 0.25) is 5.95 Å². The highest BCUT2D eigenvalue weighted by molar-refractivity contribution is 8.22. The van der Waals surface area contributed by atoms with Crippen molar-refractivity contribution in [3.05, 3.63) is 72.1 Å². The van der Waals surface area contributed by atoms with Crippen LogP contribution in [0.25, 0.3) is 0 Å². The minimum atomic E-state index is -3.86. The molecule has 4 rings (SSSR count). The van der Waals surface area contributed by atoms with E-state index in [1.165, 1.54) is 24.3 Å². The number of amidine groups is 1. The molecule has 1 unspecified atom stereocenters. The van der Waals surface area contributed by atoms with Crippen molar-refractivity contribution in [1.82, 2.24) is 9.97 Å². The molecule has 1 aliphatic heterocycles. The van der Waals surface area contributed by atoms with Gasteiger partial charge in [-0.05, 0) is 63.2 Å².